The maximum atomic E-state index is 11.0. The van der Waals surface area contributed by atoms with Gasteiger partial charge in [0.05, 0.1) is 6.54 Å². The number of hydrogen-bond acceptors (Lipinski definition) is 3. The lowest BCUT2D eigenvalue weighted by Crippen LogP contribution is -2.27. The first-order chi connectivity index (χ1) is 5.15. The minimum Gasteiger partial charge on any atom is -0.335 e. The highest BCUT2D eigenvalue weighted by Gasteiger charge is 2.30. The number of hydrogen-bond donors (Lipinski definition) is 1. The minimum absolute atomic E-state index is 0.0469. The summed E-state index contributed by atoms with van der Waals surface area (Å²) in [5.41, 5.74) is 5.33. The Balaban J connectivity index is 2.56. The van der Waals surface area contributed by atoms with Gasteiger partial charge in [-0.05, 0) is 0 Å². The third-order valence-electron chi connectivity index (χ3n) is 1.97. The molecule has 1 unspecified atom stereocenters. The van der Waals surface area contributed by atoms with E-state index in [2.05, 4.69) is 0 Å². The topological polar surface area (TPSA) is 63.4 Å². The van der Waals surface area contributed by atoms with Crippen LogP contribution in [0.1, 0.15) is 6.92 Å². The molecule has 0 radical (unpaired) electrons. The molecule has 4 nitrogen and oxygen atoms in total. The number of amides is 1. The van der Waals surface area contributed by atoms with Gasteiger partial charge in [-0.15, -0.1) is 0 Å². The van der Waals surface area contributed by atoms with Crippen molar-refractivity contribution < 1.29 is 9.59 Å². The van der Waals surface area contributed by atoms with Crippen LogP contribution in [0.3, 0.4) is 0 Å². The largest absolute Gasteiger partial charge is 0.335 e. The highest BCUT2D eigenvalue weighted by molar-refractivity contribution is 5.90. The Hall–Kier alpha value is -0.900. The molecule has 4 heteroatoms. The molecule has 62 valence electrons. The van der Waals surface area contributed by atoms with Crippen molar-refractivity contribution in [1.29, 1.82) is 0 Å². The van der Waals surface area contributed by atoms with Crippen molar-refractivity contribution in [2.45, 2.75) is 6.92 Å². The van der Waals surface area contributed by atoms with Crippen LogP contribution in [0.2, 0.25) is 0 Å². The van der Waals surface area contributed by atoms with Gasteiger partial charge in [0, 0.05) is 25.9 Å². The molecule has 1 fully saturated rings. The fraction of sp³-hybridized carbons (Fsp3) is 0.714. The molecule has 0 aromatic heterocycles. The van der Waals surface area contributed by atoms with Gasteiger partial charge in [-0.3, -0.25) is 9.59 Å². The molecule has 0 saturated carbocycles. The van der Waals surface area contributed by atoms with Crippen molar-refractivity contribution in [3.05, 3.63) is 0 Å². The molecule has 0 bridgehead atoms. The van der Waals surface area contributed by atoms with Crippen molar-refractivity contribution in [2.24, 2.45) is 11.7 Å². The van der Waals surface area contributed by atoms with Gasteiger partial charge in [0.25, 0.3) is 0 Å². The van der Waals surface area contributed by atoms with E-state index in [1.165, 1.54) is 11.8 Å². The number of nitrogens with two attached hydrogens (primary N) is 1. The fourth-order valence-electron chi connectivity index (χ4n) is 1.20. The summed E-state index contributed by atoms with van der Waals surface area (Å²) in [6.45, 7) is 2.57. The molecule has 1 rings (SSSR count). The number of likely N-dealkylation sites (tertiary alicyclic amines) is 1. The van der Waals surface area contributed by atoms with E-state index in [1.54, 1.807) is 0 Å². The fourth-order valence-corrected chi connectivity index (χ4v) is 1.20. The number of rotatable bonds is 1. The summed E-state index contributed by atoms with van der Waals surface area (Å²) in [5.74, 6) is -0.0871. The molecule has 11 heavy (non-hydrogen) atoms. The highest BCUT2D eigenvalue weighted by Crippen LogP contribution is 2.10. The van der Waals surface area contributed by atoms with Crippen molar-refractivity contribution in [2.75, 3.05) is 19.6 Å². The lowest BCUT2D eigenvalue weighted by Gasteiger charge is -2.10. The monoisotopic (exact) mass is 156 g/mol. The molecule has 0 spiro atoms. The zero-order valence-electron chi connectivity index (χ0n) is 6.54. The number of Topliss-reactive ketones (excluding diaryl/α,β-unsaturated/α-hetero) is 1. The first kappa shape index (κ1) is 8.20. The summed E-state index contributed by atoms with van der Waals surface area (Å²) in [7, 11) is 0. The van der Waals surface area contributed by atoms with Crippen LogP contribution in [-0.2, 0) is 9.59 Å². The lowest BCUT2D eigenvalue weighted by molar-refractivity contribution is -0.129. The van der Waals surface area contributed by atoms with Gasteiger partial charge < -0.3 is 10.6 Å². The third-order valence-corrected chi connectivity index (χ3v) is 1.97. The molecule has 1 aliphatic heterocycles. The zero-order valence-corrected chi connectivity index (χ0v) is 6.54. The normalized spacial score (nSPS) is 24.4. The maximum absolute atomic E-state index is 11.0. The van der Waals surface area contributed by atoms with Gasteiger partial charge in [0.2, 0.25) is 5.91 Å². The molecule has 2 N–H and O–H groups in total. The average Bonchev–Trinajstić information content (AvgIpc) is 2.31. The van der Waals surface area contributed by atoms with E-state index < -0.39 is 0 Å². The Morgan fingerprint density at radius 3 is 2.73 bits per heavy atom. The van der Waals surface area contributed by atoms with Crippen LogP contribution in [-0.4, -0.2) is 36.2 Å². The average molecular weight is 156 g/mol. The molecule has 1 aliphatic rings. The summed E-state index contributed by atoms with van der Waals surface area (Å²) >= 11 is 0. The van der Waals surface area contributed by atoms with Crippen molar-refractivity contribution in [3.8, 4) is 0 Å². The van der Waals surface area contributed by atoms with Crippen molar-refractivity contribution in [3.63, 3.8) is 0 Å². The SMILES string of the molecule is CC(=O)N1CC(=O)C(CN)C1. The summed E-state index contributed by atoms with van der Waals surface area (Å²) < 4.78 is 0. The van der Waals surface area contributed by atoms with E-state index in [4.69, 9.17) is 5.73 Å². The van der Waals surface area contributed by atoms with Gasteiger partial charge in [0.1, 0.15) is 0 Å². The molecular weight excluding hydrogens is 144 g/mol. The van der Waals surface area contributed by atoms with E-state index in [1.807, 2.05) is 0 Å². The Morgan fingerprint density at radius 1 is 1.82 bits per heavy atom. The van der Waals surface area contributed by atoms with Gasteiger partial charge in [-0.1, -0.05) is 0 Å². The number of carbonyl (C=O) groups is 2. The second-order valence-electron chi connectivity index (χ2n) is 2.80. The van der Waals surface area contributed by atoms with Gasteiger partial charge in [-0.2, -0.15) is 0 Å². The van der Waals surface area contributed by atoms with Gasteiger partial charge >= 0.3 is 0 Å². The van der Waals surface area contributed by atoms with Gasteiger partial charge in [0.15, 0.2) is 5.78 Å². The summed E-state index contributed by atoms with van der Waals surface area (Å²) in [6.07, 6.45) is 0. The lowest BCUT2D eigenvalue weighted by atomic mass is 10.1. The van der Waals surface area contributed by atoms with Crippen LogP contribution in [0.25, 0.3) is 0 Å². The van der Waals surface area contributed by atoms with Crippen molar-refractivity contribution in [1.82, 2.24) is 4.90 Å². The molecule has 0 aliphatic carbocycles. The van der Waals surface area contributed by atoms with E-state index in [0.717, 1.165) is 0 Å². The van der Waals surface area contributed by atoms with E-state index >= 15 is 0 Å². The zero-order chi connectivity index (χ0) is 8.43. The van der Waals surface area contributed by atoms with E-state index in [9.17, 15) is 9.59 Å². The number of carbonyl (C=O) groups excluding carboxylic acids is 2. The van der Waals surface area contributed by atoms with Crippen LogP contribution < -0.4 is 5.73 Å². The molecule has 0 aromatic rings. The Labute approximate surface area is 65.3 Å². The second kappa shape index (κ2) is 3.00. The second-order valence-corrected chi connectivity index (χ2v) is 2.80. The molecule has 1 saturated heterocycles. The number of ketones is 1. The van der Waals surface area contributed by atoms with Crippen LogP contribution in [0, 0.1) is 5.92 Å². The highest BCUT2D eigenvalue weighted by atomic mass is 16.2. The minimum atomic E-state index is -0.126. The van der Waals surface area contributed by atoms with Crippen molar-refractivity contribution >= 4 is 11.7 Å². The number of nitrogens with zero attached hydrogens (tertiary/aromatic N) is 1. The molecular formula is C7H12N2O2. The molecule has 0 aromatic carbocycles. The van der Waals surface area contributed by atoms with E-state index in [-0.39, 0.29) is 24.2 Å². The molecule has 1 atom stereocenters. The standard InChI is InChI=1S/C7H12N2O2/c1-5(10)9-3-6(2-8)7(11)4-9/h6H,2-4,8H2,1H3. The predicted octanol–water partition coefficient (Wildman–Crippen LogP) is -1.01. The molecule has 1 amide bonds. The van der Waals surface area contributed by atoms with Crippen LogP contribution in [0.5, 0.6) is 0 Å². The van der Waals surface area contributed by atoms with E-state index in [0.29, 0.717) is 13.1 Å². The first-order valence-corrected chi connectivity index (χ1v) is 3.63. The Morgan fingerprint density at radius 2 is 2.45 bits per heavy atom. The van der Waals surface area contributed by atoms with Crippen LogP contribution in [0.15, 0.2) is 0 Å². The van der Waals surface area contributed by atoms with Gasteiger partial charge in [-0.25, -0.2) is 0 Å². The smallest absolute Gasteiger partial charge is 0.219 e. The Bertz CT molecular complexity index is 191. The predicted molar refractivity (Wildman–Crippen MR) is 39.8 cm³/mol. The first-order valence-electron chi connectivity index (χ1n) is 3.63. The summed E-state index contributed by atoms with van der Waals surface area (Å²) in [6, 6.07) is 0. The van der Waals surface area contributed by atoms with Crippen LogP contribution >= 0.6 is 0 Å². The maximum Gasteiger partial charge on any atom is 0.219 e. The van der Waals surface area contributed by atoms with Crippen LogP contribution in [0.4, 0.5) is 0 Å². The quantitative estimate of drug-likeness (QED) is 0.529. The third kappa shape index (κ3) is 1.57. The molecule has 1 heterocycles. The summed E-state index contributed by atoms with van der Waals surface area (Å²) in [4.78, 5) is 23.4. The summed E-state index contributed by atoms with van der Waals surface area (Å²) in [5, 5.41) is 0. The Kier molecular flexibility index (Phi) is 2.24.